The number of aromatic nitrogens is 5. The van der Waals surface area contributed by atoms with Gasteiger partial charge in [-0.25, -0.2) is 4.98 Å². The Kier molecular flexibility index (Phi) is 9.06. The van der Waals surface area contributed by atoms with Gasteiger partial charge in [-0.1, -0.05) is 34.6 Å². The summed E-state index contributed by atoms with van der Waals surface area (Å²) >= 11 is 0. The van der Waals surface area contributed by atoms with Gasteiger partial charge in [-0.2, -0.15) is 13.2 Å². The Morgan fingerprint density at radius 2 is 1.50 bits per heavy atom. The van der Waals surface area contributed by atoms with Gasteiger partial charge in [0.2, 0.25) is 0 Å². The van der Waals surface area contributed by atoms with Crippen molar-refractivity contribution in [2.75, 3.05) is 18.0 Å². The van der Waals surface area contributed by atoms with Crippen LogP contribution in [0.15, 0.2) is 26.6 Å². The van der Waals surface area contributed by atoms with E-state index < -0.39 is 28.8 Å². The van der Waals surface area contributed by atoms with Gasteiger partial charge in [0, 0.05) is 68.7 Å². The van der Waals surface area contributed by atoms with Crippen molar-refractivity contribution in [2.45, 2.75) is 97.7 Å². The Morgan fingerprint density at radius 3 is 2.05 bits per heavy atom. The maximum atomic E-state index is 14.0. The molecule has 0 aliphatic carbocycles. The molecule has 9 nitrogen and oxygen atoms in total. The standard InChI is InChI=1S/C32H43F3N6O3/c1-18(2)24-26(32(33,34)35)37-23(39(9)28(24)42)16-31(6,7)27-30(44)41(17-20(4)36-27)14-11-19(3)25-22(40-12-10-13-40)15-21(5)38(8)29(25)43/h15,17-19H,10-14,16H2,1-9H3. The van der Waals surface area contributed by atoms with E-state index >= 15 is 0 Å². The van der Waals surface area contributed by atoms with E-state index in [4.69, 9.17) is 0 Å². The zero-order chi connectivity index (χ0) is 32.9. The predicted molar refractivity (Wildman–Crippen MR) is 165 cm³/mol. The number of halogens is 3. The lowest BCUT2D eigenvalue weighted by Crippen LogP contribution is -2.40. The minimum absolute atomic E-state index is 0.0423. The highest BCUT2D eigenvalue weighted by Crippen LogP contribution is 2.34. The summed E-state index contributed by atoms with van der Waals surface area (Å²) in [5.41, 5.74) is -0.476. The second-order valence-corrected chi connectivity index (χ2v) is 13.1. The third-order valence-electron chi connectivity index (χ3n) is 8.78. The van der Waals surface area contributed by atoms with Crippen molar-refractivity contribution in [3.63, 3.8) is 0 Å². The van der Waals surface area contributed by atoms with Gasteiger partial charge >= 0.3 is 6.18 Å². The van der Waals surface area contributed by atoms with Crippen molar-refractivity contribution < 1.29 is 13.2 Å². The van der Waals surface area contributed by atoms with E-state index in [1.807, 2.05) is 13.8 Å². The van der Waals surface area contributed by atoms with E-state index in [2.05, 4.69) is 20.9 Å². The third kappa shape index (κ3) is 6.25. The number of nitrogens with zero attached hydrogens (tertiary/aromatic N) is 6. The first-order valence-corrected chi connectivity index (χ1v) is 15.1. The zero-order valence-electron chi connectivity index (χ0n) is 27.1. The average molecular weight is 617 g/mol. The van der Waals surface area contributed by atoms with Gasteiger partial charge in [-0.3, -0.25) is 23.9 Å². The molecule has 1 saturated heterocycles. The van der Waals surface area contributed by atoms with E-state index in [0.717, 1.165) is 41.0 Å². The highest BCUT2D eigenvalue weighted by atomic mass is 19.4. The number of hydrogen-bond donors (Lipinski definition) is 0. The van der Waals surface area contributed by atoms with Crippen LogP contribution in [0.3, 0.4) is 0 Å². The van der Waals surface area contributed by atoms with E-state index in [9.17, 15) is 27.6 Å². The SMILES string of the molecule is Cc1cn(CCC(C)c2c(N3CCC3)cc(C)n(C)c2=O)c(=O)c(C(C)(C)Cc2nc(C(F)(F)F)c(C(C)C)c(=O)n2C)n1. The summed E-state index contributed by atoms with van der Waals surface area (Å²) in [7, 11) is 3.16. The third-order valence-corrected chi connectivity index (χ3v) is 8.78. The molecule has 240 valence electrons. The molecule has 1 unspecified atom stereocenters. The van der Waals surface area contributed by atoms with Crippen LogP contribution in [0.2, 0.25) is 0 Å². The maximum absolute atomic E-state index is 14.0. The van der Waals surface area contributed by atoms with Crippen LogP contribution in [-0.4, -0.2) is 36.8 Å². The molecular formula is C32H43F3N6O3. The summed E-state index contributed by atoms with van der Waals surface area (Å²) < 4.78 is 46.2. The van der Waals surface area contributed by atoms with Crippen molar-refractivity contribution >= 4 is 5.69 Å². The molecular weight excluding hydrogens is 573 g/mol. The number of pyridine rings is 1. The Bertz CT molecular complexity index is 1750. The molecule has 0 N–H and O–H groups in total. The molecule has 1 atom stereocenters. The van der Waals surface area contributed by atoms with Gasteiger partial charge in [0.25, 0.3) is 16.7 Å². The van der Waals surface area contributed by atoms with E-state index in [1.165, 1.54) is 20.9 Å². The summed E-state index contributed by atoms with van der Waals surface area (Å²) in [5, 5.41) is 0. The minimum Gasteiger partial charge on any atom is -0.371 e. The van der Waals surface area contributed by atoms with Gasteiger partial charge < -0.3 is 14.0 Å². The fourth-order valence-electron chi connectivity index (χ4n) is 5.90. The molecule has 0 radical (unpaired) electrons. The predicted octanol–water partition coefficient (Wildman–Crippen LogP) is 4.72. The van der Waals surface area contributed by atoms with Gasteiger partial charge in [-0.05, 0) is 44.6 Å². The van der Waals surface area contributed by atoms with Crippen LogP contribution in [-0.2, 0) is 38.7 Å². The molecule has 1 aliphatic rings. The average Bonchev–Trinajstić information content (AvgIpc) is 2.88. The normalized spacial score (nSPS) is 14.7. The van der Waals surface area contributed by atoms with E-state index in [-0.39, 0.29) is 40.5 Å². The lowest BCUT2D eigenvalue weighted by molar-refractivity contribution is -0.142. The summed E-state index contributed by atoms with van der Waals surface area (Å²) in [6.07, 6.45) is -1.66. The molecule has 44 heavy (non-hydrogen) atoms. The fraction of sp³-hybridized carbons (Fsp3) is 0.594. The first-order valence-electron chi connectivity index (χ1n) is 15.1. The molecule has 0 bridgehead atoms. The van der Waals surface area contributed by atoms with Crippen LogP contribution < -0.4 is 21.6 Å². The largest absolute Gasteiger partial charge is 0.433 e. The lowest BCUT2D eigenvalue weighted by atomic mass is 9.84. The van der Waals surface area contributed by atoms with Crippen molar-refractivity contribution in [2.24, 2.45) is 14.1 Å². The van der Waals surface area contributed by atoms with Gasteiger partial charge in [0.05, 0.1) is 11.3 Å². The fourth-order valence-corrected chi connectivity index (χ4v) is 5.90. The summed E-state index contributed by atoms with van der Waals surface area (Å²) in [6.45, 7) is 14.3. The van der Waals surface area contributed by atoms with Crippen LogP contribution in [0.1, 0.15) is 99.0 Å². The number of rotatable bonds is 9. The molecule has 4 rings (SSSR count). The van der Waals surface area contributed by atoms with Crippen molar-refractivity contribution in [1.29, 1.82) is 0 Å². The molecule has 4 heterocycles. The Labute approximate surface area is 255 Å². The van der Waals surface area contributed by atoms with Crippen molar-refractivity contribution in [3.8, 4) is 0 Å². The number of anilines is 1. The van der Waals surface area contributed by atoms with Crippen LogP contribution >= 0.6 is 0 Å². The second-order valence-electron chi connectivity index (χ2n) is 13.1. The van der Waals surface area contributed by atoms with Crippen LogP contribution in [0, 0.1) is 13.8 Å². The van der Waals surface area contributed by atoms with Gasteiger partial charge in [-0.15, -0.1) is 0 Å². The highest BCUT2D eigenvalue weighted by molar-refractivity contribution is 5.56. The first-order chi connectivity index (χ1) is 20.3. The summed E-state index contributed by atoms with van der Waals surface area (Å²) in [4.78, 5) is 50.8. The van der Waals surface area contributed by atoms with E-state index in [1.54, 1.807) is 43.1 Å². The topological polar surface area (TPSA) is 95.0 Å². The molecule has 12 heteroatoms. The zero-order valence-corrected chi connectivity index (χ0v) is 27.1. The van der Waals surface area contributed by atoms with Crippen LogP contribution in [0.4, 0.5) is 18.9 Å². The number of aryl methyl sites for hydroxylation is 3. The molecule has 3 aromatic heterocycles. The summed E-state index contributed by atoms with van der Waals surface area (Å²) in [6, 6.07) is 2.05. The maximum Gasteiger partial charge on any atom is 0.433 e. The van der Waals surface area contributed by atoms with E-state index in [0.29, 0.717) is 18.7 Å². The monoisotopic (exact) mass is 616 g/mol. The number of alkyl halides is 3. The van der Waals surface area contributed by atoms with Crippen molar-refractivity contribution in [1.82, 2.24) is 23.7 Å². The summed E-state index contributed by atoms with van der Waals surface area (Å²) in [5.74, 6) is -0.885. The highest BCUT2D eigenvalue weighted by Gasteiger charge is 2.39. The molecule has 0 spiro atoms. The lowest BCUT2D eigenvalue weighted by Gasteiger charge is -2.36. The van der Waals surface area contributed by atoms with Gasteiger partial charge in [0.1, 0.15) is 11.5 Å². The Morgan fingerprint density at radius 1 is 0.886 bits per heavy atom. The quantitative estimate of drug-likeness (QED) is 0.346. The van der Waals surface area contributed by atoms with Crippen LogP contribution in [0.5, 0.6) is 0 Å². The van der Waals surface area contributed by atoms with Crippen molar-refractivity contribution in [3.05, 3.63) is 83.1 Å². The molecule has 1 fully saturated rings. The molecule has 0 saturated carbocycles. The Balaban J connectivity index is 1.68. The first kappa shape index (κ1) is 33.2. The minimum atomic E-state index is -4.80. The Hall–Kier alpha value is -3.70. The molecule has 3 aromatic rings. The van der Waals surface area contributed by atoms with Crippen LogP contribution in [0.25, 0.3) is 0 Å². The number of hydrogen-bond acceptors (Lipinski definition) is 6. The molecule has 1 aliphatic heterocycles. The second kappa shape index (κ2) is 12.0. The van der Waals surface area contributed by atoms with Gasteiger partial charge in [0.15, 0.2) is 5.69 Å². The smallest absolute Gasteiger partial charge is 0.371 e. The molecule has 0 aromatic carbocycles. The molecule has 0 amide bonds.